The van der Waals surface area contributed by atoms with Gasteiger partial charge in [-0.25, -0.2) is 8.42 Å². The molecule has 2 atom stereocenters. The van der Waals surface area contributed by atoms with Crippen molar-refractivity contribution in [2.75, 3.05) is 51.0 Å². The number of nitrogens with one attached hydrogen (secondary N) is 1. The first-order chi connectivity index (χ1) is 16.7. The molecule has 2 aromatic rings. The van der Waals surface area contributed by atoms with Gasteiger partial charge in [0.05, 0.1) is 31.1 Å². The molecule has 3 aliphatic rings. The third kappa shape index (κ3) is 3.94. The number of amides is 1. The number of sulfonamides is 1. The van der Waals surface area contributed by atoms with E-state index in [1.807, 2.05) is 36.4 Å². The van der Waals surface area contributed by atoms with Crippen molar-refractivity contribution in [2.24, 2.45) is 5.92 Å². The van der Waals surface area contributed by atoms with Gasteiger partial charge in [-0.2, -0.15) is 4.31 Å². The molecule has 35 heavy (non-hydrogen) atoms. The Morgan fingerprint density at radius 3 is 2.60 bits per heavy atom. The fourth-order valence-electron chi connectivity index (χ4n) is 5.65. The summed E-state index contributed by atoms with van der Waals surface area (Å²) in [5, 5.41) is 3.70. The minimum absolute atomic E-state index is 0.0348. The van der Waals surface area contributed by atoms with E-state index in [4.69, 9.17) is 9.47 Å². The van der Waals surface area contributed by atoms with Crippen molar-refractivity contribution in [1.82, 2.24) is 9.21 Å². The average Bonchev–Trinajstić information content (AvgIpc) is 2.87. The van der Waals surface area contributed by atoms with Crippen molar-refractivity contribution in [3.8, 4) is 11.5 Å². The van der Waals surface area contributed by atoms with Crippen molar-refractivity contribution < 1.29 is 22.7 Å². The van der Waals surface area contributed by atoms with E-state index < -0.39 is 10.0 Å². The fraction of sp³-hybridized carbons (Fsp3) is 0.500. The van der Waals surface area contributed by atoms with Crippen LogP contribution in [0, 0.1) is 5.92 Å². The number of carbonyl (C=O) groups is 1. The summed E-state index contributed by atoms with van der Waals surface area (Å²) in [7, 11) is -1.56. The van der Waals surface area contributed by atoms with Crippen LogP contribution < -0.4 is 14.8 Å². The lowest BCUT2D eigenvalue weighted by Crippen LogP contribution is -2.51. The number of fused-ring (bicyclic) bond motifs is 4. The van der Waals surface area contributed by atoms with Gasteiger partial charge in [0.2, 0.25) is 10.0 Å². The molecule has 1 saturated heterocycles. The normalized spacial score (nSPS) is 23.3. The van der Waals surface area contributed by atoms with Gasteiger partial charge in [0.25, 0.3) is 5.91 Å². The van der Waals surface area contributed by atoms with Crippen molar-refractivity contribution >= 4 is 21.6 Å². The molecular formula is C26H33N3O5S. The first kappa shape index (κ1) is 23.9. The second-order valence-electron chi connectivity index (χ2n) is 9.99. The average molecular weight is 500 g/mol. The molecule has 0 radical (unpaired) electrons. The number of ether oxygens (including phenoxy) is 2. The molecule has 0 aromatic heterocycles. The van der Waals surface area contributed by atoms with Crippen LogP contribution >= 0.6 is 0 Å². The van der Waals surface area contributed by atoms with E-state index in [0.29, 0.717) is 38.3 Å². The largest absolute Gasteiger partial charge is 0.496 e. The second-order valence-corrected chi connectivity index (χ2v) is 12.2. The highest BCUT2D eigenvalue weighted by atomic mass is 32.2. The molecule has 5 rings (SSSR count). The predicted octanol–water partition coefficient (Wildman–Crippen LogP) is 3.26. The molecule has 2 aromatic carbocycles. The van der Waals surface area contributed by atoms with E-state index in [0.717, 1.165) is 28.3 Å². The summed E-state index contributed by atoms with van der Waals surface area (Å²) in [4.78, 5) is 15.1. The number of rotatable bonds is 4. The van der Waals surface area contributed by atoms with Gasteiger partial charge in [-0.15, -0.1) is 0 Å². The van der Waals surface area contributed by atoms with E-state index >= 15 is 0 Å². The van der Waals surface area contributed by atoms with Crippen LogP contribution in [-0.2, 0) is 15.4 Å². The Kier molecular flexibility index (Phi) is 5.96. The zero-order chi connectivity index (χ0) is 25.0. The maximum absolute atomic E-state index is 13.3. The van der Waals surface area contributed by atoms with Gasteiger partial charge in [-0.3, -0.25) is 4.79 Å². The molecule has 1 fully saturated rings. The van der Waals surface area contributed by atoms with E-state index in [9.17, 15) is 13.2 Å². The highest BCUT2D eigenvalue weighted by Crippen LogP contribution is 2.54. The van der Waals surface area contributed by atoms with Gasteiger partial charge in [0.1, 0.15) is 11.5 Å². The summed E-state index contributed by atoms with van der Waals surface area (Å²) < 4.78 is 37.6. The van der Waals surface area contributed by atoms with Crippen molar-refractivity contribution in [3.63, 3.8) is 0 Å². The summed E-state index contributed by atoms with van der Waals surface area (Å²) in [5.41, 5.74) is 3.49. The lowest BCUT2D eigenvalue weighted by Gasteiger charge is -2.48. The Bertz CT molecular complexity index is 1240. The van der Waals surface area contributed by atoms with Crippen LogP contribution in [0.4, 0.5) is 5.69 Å². The lowest BCUT2D eigenvalue weighted by molar-refractivity contribution is 0.0697. The molecule has 188 valence electrons. The number of piperazine rings is 1. The van der Waals surface area contributed by atoms with Gasteiger partial charge in [0, 0.05) is 48.8 Å². The van der Waals surface area contributed by atoms with Gasteiger partial charge in [-0.05, 0) is 42.8 Å². The van der Waals surface area contributed by atoms with Gasteiger partial charge < -0.3 is 19.7 Å². The van der Waals surface area contributed by atoms with Gasteiger partial charge >= 0.3 is 0 Å². The standard InChI is InChI=1S/C26H33N3O5S/c1-5-35(31,32)29-13-11-28(12-14-29)25(30)17-9-10-20-18(15-17)26(2,3)19-16-34-22-8-6-7-21(33-4)23(22)24(19)27-20/h6-10,15,19,24,27H,5,11-14,16H2,1-4H3/t19-,24-/m0/s1. The Balaban J connectivity index is 1.42. The molecule has 0 bridgehead atoms. The van der Waals surface area contributed by atoms with E-state index in [1.54, 1.807) is 18.9 Å². The highest BCUT2D eigenvalue weighted by Gasteiger charge is 2.47. The predicted molar refractivity (Wildman–Crippen MR) is 135 cm³/mol. The van der Waals surface area contributed by atoms with Crippen LogP contribution in [-0.4, -0.2) is 69.2 Å². The Morgan fingerprint density at radius 2 is 1.91 bits per heavy atom. The summed E-state index contributed by atoms with van der Waals surface area (Å²) >= 11 is 0. The first-order valence-corrected chi connectivity index (χ1v) is 13.8. The second kappa shape index (κ2) is 8.71. The third-order valence-electron chi connectivity index (χ3n) is 7.86. The van der Waals surface area contributed by atoms with E-state index in [1.165, 1.54) is 4.31 Å². The van der Waals surface area contributed by atoms with Crippen molar-refractivity contribution in [2.45, 2.75) is 32.2 Å². The number of carbonyl (C=O) groups excluding carboxylic acids is 1. The molecule has 0 aliphatic carbocycles. The Hall–Kier alpha value is -2.78. The molecule has 8 nitrogen and oxygen atoms in total. The molecule has 3 heterocycles. The maximum Gasteiger partial charge on any atom is 0.253 e. The lowest BCUT2D eigenvalue weighted by atomic mass is 9.65. The topological polar surface area (TPSA) is 88.2 Å². The third-order valence-corrected chi connectivity index (χ3v) is 9.74. The number of methoxy groups -OCH3 is 1. The van der Waals surface area contributed by atoms with Crippen LogP contribution in [0.3, 0.4) is 0 Å². The summed E-state index contributed by atoms with van der Waals surface area (Å²) in [6, 6.07) is 11.8. The maximum atomic E-state index is 13.3. The highest BCUT2D eigenvalue weighted by molar-refractivity contribution is 7.89. The molecule has 1 amide bonds. The monoisotopic (exact) mass is 499 g/mol. The summed E-state index contributed by atoms with van der Waals surface area (Å²) in [6.45, 7) is 8.08. The van der Waals surface area contributed by atoms with E-state index in [2.05, 4.69) is 19.2 Å². The Morgan fingerprint density at radius 1 is 1.17 bits per heavy atom. The molecule has 3 aliphatic heterocycles. The molecule has 1 N–H and O–H groups in total. The van der Waals surface area contributed by atoms with Gasteiger partial charge in [-0.1, -0.05) is 19.9 Å². The fourth-order valence-corrected chi connectivity index (χ4v) is 6.73. The van der Waals surface area contributed by atoms with Crippen LogP contribution in [0.5, 0.6) is 11.5 Å². The SMILES string of the molecule is CCS(=O)(=O)N1CCN(C(=O)c2ccc3c(c2)C(C)(C)[C@H]2COc4cccc(OC)c4[C@H]2N3)CC1. The first-order valence-electron chi connectivity index (χ1n) is 12.1. The number of nitrogens with zero attached hydrogens (tertiary/aromatic N) is 2. The summed E-state index contributed by atoms with van der Waals surface area (Å²) in [6.07, 6.45) is 0. The molecule has 0 saturated carbocycles. The number of hydrogen-bond donors (Lipinski definition) is 1. The smallest absolute Gasteiger partial charge is 0.253 e. The van der Waals surface area contributed by atoms with Crippen LogP contribution in [0.25, 0.3) is 0 Å². The summed E-state index contributed by atoms with van der Waals surface area (Å²) in [5.74, 6) is 1.81. The van der Waals surface area contributed by atoms with E-state index in [-0.39, 0.29) is 29.0 Å². The molecule has 0 unspecified atom stereocenters. The number of benzene rings is 2. The molecule has 0 spiro atoms. The molecular weight excluding hydrogens is 466 g/mol. The van der Waals surface area contributed by atoms with Crippen LogP contribution in [0.15, 0.2) is 36.4 Å². The van der Waals surface area contributed by atoms with Crippen molar-refractivity contribution in [1.29, 1.82) is 0 Å². The van der Waals surface area contributed by atoms with Crippen LogP contribution in [0.2, 0.25) is 0 Å². The zero-order valence-electron chi connectivity index (χ0n) is 20.7. The van der Waals surface area contributed by atoms with Crippen molar-refractivity contribution in [3.05, 3.63) is 53.1 Å². The minimum Gasteiger partial charge on any atom is -0.496 e. The van der Waals surface area contributed by atoms with Gasteiger partial charge in [0.15, 0.2) is 0 Å². The number of hydrogen-bond acceptors (Lipinski definition) is 6. The quantitative estimate of drug-likeness (QED) is 0.695. The zero-order valence-corrected chi connectivity index (χ0v) is 21.5. The minimum atomic E-state index is -3.23. The molecule has 9 heteroatoms. The number of anilines is 1. The van der Waals surface area contributed by atoms with Crippen LogP contribution in [0.1, 0.15) is 48.3 Å². The Labute approximate surface area is 207 Å².